The molecule has 2 aromatic rings. The minimum atomic E-state index is -0.559. The Morgan fingerprint density at radius 1 is 1.42 bits per heavy atom. The van der Waals surface area contributed by atoms with Crippen molar-refractivity contribution in [1.29, 1.82) is 0 Å². The van der Waals surface area contributed by atoms with Crippen LogP contribution in [0.4, 0.5) is 10.5 Å². The molecule has 100 valence electrons. The molecule has 0 aliphatic heterocycles. The molecule has 1 heterocycles. The molecule has 0 radical (unpaired) electrons. The van der Waals surface area contributed by atoms with Gasteiger partial charge in [0.05, 0.1) is 18.6 Å². The van der Waals surface area contributed by atoms with Crippen LogP contribution in [0.5, 0.6) is 0 Å². The van der Waals surface area contributed by atoms with Gasteiger partial charge >= 0.3 is 6.03 Å². The van der Waals surface area contributed by atoms with Crippen LogP contribution in [-0.2, 0) is 6.54 Å². The number of carbonyl (C=O) groups is 1. The first-order chi connectivity index (χ1) is 9.15. The lowest BCUT2D eigenvalue weighted by atomic mass is 10.1. The minimum Gasteiger partial charge on any atom is -0.472 e. The van der Waals surface area contributed by atoms with Crippen molar-refractivity contribution in [3.63, 3.8) is 0 Å². The number of carbonyl (C=O) groups excluding carboxylic acids is 1. The molecule has 5 nitrogen and oxygen atoms in total. The molecule has 5 heteroatoms. The summed E-state index contributed by atoms with van der Waals surface area (Å²) in [7, 11) is 0. The normalized spacial score (nSPS) is 11.9. The Morgan fingerprint density at radius 3 is 2.95 bits per heavy atom. The second-order valence-corrected chi connectivity index (χ2v) is 4.24. The van der Waals surface area contributed by atoms with E-state index in [2.05, 4.69) is 10.6 Å². The lowest BCUT2D eigenvalue weighted by Gasteiger charge is -2.09. The number of aliphatic hydroxyl groups is 1. The molecule has 0 saturated carbocycles. The van der Waals surface area contributed by atoms with Crippen LogP contribution in [0.3, 0.4) is 0 Å². The number of anilines is 1. The largest absolute Gasteiger partial charge is 0.472 e. The van der Waals surface area contributed by atoms with E-state index in [4.69, 9.17) is 4.42 Å². The predicted molar refractivity (Wildman–Crippen MR) is 71.6 cm³/mol. The monoisotopic (exact) mass is 260 g/mol. The summed E-state index contributed by atoms with van der Waals surface area (Å²) < 4.78 is 4.91. The second-order valence-electron chi connectivity index (χ2n) is 4.24. The lowest BCUT2D eigenvalue weighted by Crippen LogP contribution is -2.28. The predicted octanol–water partition coefficient (Wildman–Crippen LogP) is 2.65. The maximum atomic E-state index is 11.7. The van der Waals surface area contributed by atoms with Gasteiger partial charge in [-0.1, -0.05) is 12.1 Å². The molecule has 3 N–H and O–H groups in total. The summed E-state index contributed by atoms with van der Waals surface area (Å²) in [5.41, 5.74) is 2.30. The van der Waals surface area contributed by atoms with Crippen LogP contribution >= 0.6 is 0 Å². The first-order valence-corrected chi connectivity index (χ1v) is 5.99. The van der Waals surface area contributed by atoms with Gasteiger partial charge in [0.25, 0.3) is 0 Å². The summed E-state index contributed by atoms with van der Waals surface area (Å²) in [5.74, 6) is 0. The third kappa shape index (κ3) is 3.86. The van der Waals surface area contributed by atoms with E-state index in [1.165, 1.54) is 0 Å². The zero-order valence-electron chi connectivity index (χ0n) is 10.6. The summed E-state index contributed by atoms with van der Waals surface area (Å²) in [4.78, 5) is 11.7. The highest BCUT2D eigenvalue weighted by molar-refractivity contribution is 5.89. The number of hydrogen-bond donors (Lipinski definition) is 3. The fourth-order valence-corrected chi connectivity index (χ4v) is 1.63. The Kier molecular flexibility index (Phi) is 4.20. The van der Waals surface area contributed by atoms with Crippen molar-refractivity contribution in [3.8, 4) is 0 Å². The van der Waals surface area contributed by atoms with Gasteiger partial charge < -0.3 is 20.2 Å². The Hall–Kier alpha value is -2.27. The molecule has 0 fully saturated rings. The number of furan rings is 1. The maximum Gasteiger partial charge on any atom is 0.319 e. The molecular formula is C14H16N2O3. The van der Waals surface area contributed by atoms with Crippen LogP contribution in [0.2, 0.25) is 0 Å². The summed E-state index contributed by atoms with van der Waals surface area (Å²) in [6.45, 7) is 2.08. The fraction of sp³-hybridized carbons (Fsp3) is 0.214. The second kappa shape index (κ2) is 6.06. The number of nitrogens with one attached hydrogen (secondary N) is 2. The first-order valence-electron chi connectivity index (χ1n) is 5.99. The summed E-state index contributed by atoms with van der Waals surface area (Å²) in [6.07, 6.45) is 2.57. The van der Waals surface area contributed by atoms with Gasteiger partial charge in [-0.2, -0.15) is 0 Å². The zero-order chi connectivity index (χ0) is 13.7. The summed E-state index contributed by atoms with van der Waals surface area (Å²) >= 11 is 0. The van der Waals surface area contributed by atoms with Crippen molar-refractivity contribution in [2.24, 2.45) is 0 Å². The van der Waals surface area contributed by atoms with Gasteiger partial charge in [-0.25, -0.2) is 4.79 Å². The van der Waals surface area contributed by atoms with Crippen LogP contribution in [0.25, 0.3) is 0 Å². The minimum absolute atomic E-state index is 0.302. The highest BCUT2D eigenvalue weighted by Gasteiger charge is 2.05. The van der Waals surface area contributed by atoms with Gasteiger partial charge in [0.1, 0.15) is 0 Å². The summed E-state index contributed by atoms with van der Waals surface area (Å²) in [6, 6.07) is 8.58. The molecule has 0 bridgehead atoms. The van der Waals surface area contributed by atoms with Crippen LogP contribution < -0.4 is 10.6 Å². The molecule has 1 unspecified atom stereocenters. The molecule has 2 rings (SSSR count). The number of hydrogen-bond acceptors (Lipinski definition) is 3. The number of amides is 2. The molecule has 0 saturated heterocycles. The van der Waals surface area contributed by atoms with E-state index in [0.29, 0.717) is 12.2 Å². The molecule has 19 heavy (non-hydrogen) atoms. The first kappa shape index (κ1) is 13.2. The van der Waals surface area contributed by atoms with Gasteiger partial charge in [0.15, 0.2) is 0 Å². The Morgan fingerprint density at radius 2 is 2.26 bits per heavy atom. The van der Waals surface area contributed by atoms with Crippen molar-refractivity contribution >= 4 is 11.7 Å². The van der Waals surface area contributed by atoms with Gasteiger partial charge in [0, 0.05) is 17.8 Å². The highest BCUT2D eigenvalue weighted by atomic mass is 16.3. The smallest absolute Gasteiger partial charge is 0.319 e. The Bertz CT molecular complexity index is 535. The van der Waals surface area contributed by atoms with E-state index in [-0.39, 0.29) is 6.03 Å². The van der Waals surface area contributed by atoms with E-state index in [1.807, 2.05) is 0 Å². The van der Waals surface area contributed by atoms with Gasteiger partial charge in [-0.15, -0.1) is 0 Å². The average molecular weight is 260 g/mol. The van der Waals surface area contributed by atoms with Crippen LogP contribution in [0.15, 0.2) is 47.3 Å². The fourth-order valence-electron chi connectivity index (χ4n) is 1.63. The van der Waals surface area contributed by atoms with Gasteiger partial charge in [-0.3, -0.25) is 0 Å². The topological polar surface area (TPSA) is 74.5 Å². The molecule has 1 aromatic carbocycles. The van der Waals surface area contributed by atoms with E-state index in [9.17, 15) is 9.90 Å². The SMILES string of the molecule is CC(O)c1cccc(NC(=O)NCc2ccoc2)c1. The number of urea groups is 1. The lowest BCUT2D eigenvalue weighted by molar-refractivity contribution is 0.199. The van der Waals surface area contributed by atoms with E-state index < -0.39 is 6.10 Å². The molecule has 1 atom stereocenters. The quantitative estimate of drug-likeness (QED) is 0.791. The molecular weight excluding hydrogens is 244 g/mol. The van der Waals surface area contributed by atoms with Crippen molar-refractivity contribution in [1.82, 2.24) is 5.32 Å². The molecule has 2 amide bonds. The third-order valence-electron chi connectivity index (χ3n) is 2.66. The molecule has 0 spiro atoms. The molecule has 0 aliphatic rings. The summed E-state index contributed by atoms with van der Waals surface area (Å²) in [5, 5.41) is 14.9. The zero-order valence-corrected chi connectivity index (χ0v) is 10.6. The van der Waals surface area contributed by atoms with Crippen molar-refractivity contribution in [3.05, 3.63) is 54.0 Å². The average Bonchev–Trinajstić information content (AvgIpc) is 2.90. The molecule has 0 aliphatic carbocycles. The maximum absolute atomic E-state index is 11.7. The number of benzene rings is 1. The van der Waals surface area contributed by atoms with E-state index >= 15 is 0 Å². The standard InChI is InChI=1S/C14H16N2O3/c1-10(17)12-3-2-4-13(7-12)16-14(18)15-8-11-5-6-19-9-11/h2-7,9-10,17H,8H2,1H3,(H2,15,16,18). The van der Waals surface area contributed by atoms with Crippen molar-refractivity contribution in [2.45, 2.75) is 19.6 Å². The van der Waals surface area contributed by atoms with Gasteiger partial charge in [0.2, 0.25) is 0 Å². The third-order valence-corrected chi connectivity index (χ3v) is 2.66. The van der Waals surface area contributed by atoms with Crippen molar-refractivity contribution in [2.75, 3.05) is 5.32 Å². The molecule has 1 aromatic heterocycles. The highest BCUT2D eigenvalue weighted by Crippen LogP contribution is 2.16. The van der Waals surface area contributed by atoms with Crippen LogP contribution in [0, 0.1) is 0 Å². The van der Waals surface area contributed by atoms with Crippen LogP contribution in [0.1, 0.15) is 24.2 Å². The van der Waals surface area contributed by atoms with Crippen molar-refractivity contribution < 1.29 is 14.3 Å². The van der Waals surface area contributed by atoms with Gasteiger partial charge in [-0.05, 0) is 30.7 Å². The van der Waals surface area contributed by atoms with Crippen LogP contribution in [-0.4, -0.2) is 11.1 Å². The Balaban J connectivity index is 1.89. The van der Waals surface area contributed by atoms with E-state index in [1.54, 1.807) is 49.8 Å². The number of aliphatic hydroxyl groups excluding tert-OH is 1. The van der Waals surface area contributed by atoms with E-state index in [0.717, 1.165) is 11.1 Å². The number of rotatable bonds is 4. The Labute approximate surface area is 111 Å².